The minimum atomic E-state index is -0.794. The predicted octanol–water partition coefficient (Wildman–Crippen LogP) is 4.76. The third kappa shape index (κ3) is 2.01. The summed E-state index contributed by atoms with van der Waals surface area (Å²) in [6.45, 7) is 0. The van der Waals surface area contributed by atoms with Gasteiger partial charge in [0.05, 0.1) is 21.7 Å². The Bertz CT molecular complexity index is 885. The minimum Gasteiger partial charge on any atom is -0.330 e. The summed E-state index contributed by atoms with van der Waals surface area (Å²) in [5.74, 6) is -2.14. The second-order valence-corrected chi connectivity index (χ2v) is 4.94. The average Bonchev–Trinajstić information content (AvgIpc) is 2.66. The molecule has 0 atom stereocenters. The van der Waals surface area contributed by atoms with Crippen molar-refractivity contribution in [3.05, 3.63) is 57.6 Å². The fourth-order valence-electron chi connectivity index (χ4n) is 2.00. The zero-order valence-electron chi connectivity index (χ0n) is 9.75. The molecule has 0 unspecified atom stereocenters. The number of hydrogen-bond donors (Lipinski definition) is 1. The lowest BCUT2D eigenvalue weighted by molar-refractivity contribution is 0.578. The molecule has 0 aliphatic rings. The van der Waals surface area contributed by atoms with E-state index in [2.05, 4.69) is 4.98 Å². The summed E-state index contributed by atoms with van der Waals surface area (Å²) in [5.41, 5.74) is 0.817. The molecule has 0 aliphatic carbocycles. The highest BCUT2D eigenvalue weighted by Gasteiger charge is 2.13. The van der Waals surface area contributed by atoms with E-state index in [1.54, 1.807) is 0 Å². The Labute approximate surface area is 121 Å². The van der Waals surface area contributed by atoms with E-state index in [0.29, 0.717) is 11.0 Å². The lowest BCUT2D eigenvalue weighted by atomic mass is 10.2. The number of fused-ring (bicyclic) bond motifs is 1. The third-order valence-corrected chi connectivity index (χ3v) is 3.45. The molecule has 1 aromatic heterocycles. The van der Waals surface area contributed by atoms with Gasteiger partial charge in [-0.15, -0.1) is 0 Å². The van der Waals surface area contributed by atoms with Crippen molar-refractivity contribution in [2.24, 2.45) is 0 Å². The molecule has 1 heterocycles. The van der Waals surface area contributed by atoms with E-state index in [-0.39, 0.29) is 15.5 Å². The smallest absolute Gasteiger partial charge is 0.182 e. The van der Waals surface area contributed by atoms with Crippen LogP contribution in [-0.2, 0) is 0 Å². The molecule has 2 aromatic carbocycles. The Morgan fingerprint density at radius 2 is 1.80 bits per heavy atom. The molecule has 102 valence electrons. The van der Waals surface area contributed by atoms with Gasteiger partial charge in [-0.1, -0.05) is 11.6 Å². The molecule has 0 amide bonds. The molecule has 1 N–H and O–H groups in total. The van der Waals surface area contributed by atoms with Crippen LogP contribution >= 0.6 is 23.8 Å². The van der Waals surface area contributed by atoms with Gasteiger partial charge in [0.1, 0.15) is 17.5 Å². The monoisotopic (exact) mass is 314 g/mol. The number of rotatable bonds is 1. The van der Waals surface area contributed by atoms with Gasteiger partial charge in [-0.3, -0.25) is 4.57 Å². The Kier molecular flexibility index (Phi) is 3.07. The van der Waals surface area contributed by atoms with E-state index in [0.717, 1.165) is 18.2 Å². The number of aromatic nitrogens is 2. The summed E-state index contributed by atoms with van der Waals surface area (Å²) in [7, 11) is 0. The predicted molar refractivity (Wildman–Crippen MR) is 73.3 cm³/mol. The highest BCUT2D eigenvalue weighted by molar-refractivity contribution is 7.71. The number of hydrogen-bond acceptors (Lipinski definition) is 1. The highest BCUT2D eigenvalue weighted by atomic mass is 35.5. The van der Waals surface area contributed by atoms with Gasteiger partial charge in [-0.25, -0.2) is 13.2 Å². The first-order valence-corrected chi connectivity index (χ1v) is 6.31. The molecule has 0 saturated carbocycles. The summed E-state index contributed by atoms with van der Waals surface area (Å²) in [6, 6.07) is 5.58. The number of H-pyrrole nitrogens is 1. The van der Waals surface area contributed by atoms with Crippen molar-refractivity contribution in [2.45, 2.75) is 0 Å². The standard InChI is InChI=1S/C13H6ClF3N2S/c14-7-4-10-12(5-8(7)16)19(13(20)18-10)11-2-1-6(15)3-9(11)17/h1-5H,(H,18,20). The van der Waals surface area contributed by atoms with Gasteiger partial charge in [-0.2, -0.15) is 0 Å². The maximum atomic E-state index is 13.9. The molecule has 20 heavy (non-hydrogen) atoms. The van der Waals surface area contributed by atoms with Gasteiger partial charge in [-0.05, 0) is 30.4 Å². The van der Waals surface area contributed by atoms with Crippen LogP contribution in [-0.4, -0.2) is 9.55 Å². The first-order chi connectivity index (χ1) is 9.47. The summed E-state index contributed by atoms with van der Waals surface area (Å²) in [5, 5.41) is -0.0690. The zero-order valence-corrected chi connectivity index (χ0v) is 11.3. The van der Waals surface area contributed by atoms with E-state index < -0.39 is 17.5 Å². The molecular weight excluding hydrogens is 309 g/mol. The Hall–Kier alpha value is -1.79. The van der Waals surface area contributed by atoms with Crippen LogP contribution in [0.25, 0.3) is 16.7 Å². The maximum Gasteiger partial charge on any atom is 0.182 e. The van der Waals surface area contributed by atoms with Crippen molar-refractivity contribution in [3.63, 3.8) is 0 Å². The normalized spacial score (nSPS) is 11.2. The van der Waals surface area contributed by atoms with E-state index in [1.807, 2.05) is 0 Å². The van der Waals surface area contributed by atoms with Crippen molar-refractivity contribution < 1.29 is 13.2 Å². The van der Waals surface area contributed by atoms with Crippen molar-refractivity contribution in [3.8, 4) is 5.69 Å². The molecule has 0 saturated heterocycles. The second kappa shape index (κ2) is 4.64. The van der Waals surface area contributed by atoms with Crippen molar-refractivity contribution in [2.75, 3.05) is 0 Å². The van der Waals surface area contributed by atoms with Gasteiger partial charge in [0, 0.05) is 12.1 Å². The fourth-order valence-corrected chi connectivity index (χ4v) is 2.47. The molecule has 0 radical (unpaired) electrons. The van der Waals surface area contributed by atoms with Gasteiger partial charge in [0.2, 0.25) is 0 Å². The Morgan fingerprint density at radius 3 is 2.50 bits per heavy atom. The lowest BCUT2D eigenvalue weighted by Gasteiger charge is -2.06. The molecule has 2 nitrogen and oxygen atoms in total. The van der Waals surface area contributed by atoms with Crippen molar-refractivity contribution >= 4 is 34.9 Å². The van der Waals surface area contributed by atoms with Crippen LogP contribution in [0.4, 0.5) is 13.2 Å². The molecule has 0 bridgehead atoms. The molecule has 0 fully saturated rings. The fraction of sp³-hybridized carbons (Fsp3) is 0. The molecule has 3 aromatic rings. The van der Waals surface area contributed by atoms with E-state index in [4.69, 9.17) is 23.8 Å². The van der Waals surface area contributed by atoms with Crippen molar-refractivity contribution in [1.29, 1.82) is 0 Å². The Morgan fingerprint density at radius 1 is 1.05 bits per heavy atom. The van der Waals surface area contributed by atoms with Crippen LogP contribution < -0.4 is 0 Å². The van der Waals surface area contributed by atoms with Crippen LogP contribution in [0.15, 0.2) is 30.3 Å². The van der Waals surface area contributed by atoms with Gasteiger partial charge in [0.15, 0.2) is 4.77 Å². The summed E-state index contributed by atoms with van der Waals surface area (Å²) in [6.07, 6.45) is 0. The number of nitrogens with one attached hydrogen (secondary N) is 1. The lowest BCUT2D eigenvalue weighted by Crippen LogP contribution is -1.98. The largest absolute Gasteiger partial charge is 0.330 e. The Balaban J connectivity index is 2.39. The van der Waals surface area contributed by atoms with Crippen LogP contribution in [0.5, 0.6) is 0 Å². The first kappa shape index (κ1) is 13.2. The number of nitrogens with zero attached hydrogens (tertiary/aromatic N) is 1. The van der Waals surface area contributed by atoms with Crippen LogP contribution in [0.3, 0.4) is 0 Å². The van der Waals surface area contributed by atoms with Gasteiger partial charge >= 0.3 is 0 Å². The molecular formula is C13H6ClF3N2S. The zero-order chi connectivity index (χ0) is 14.4. The van der Waals surface area contributed by atoms with Crippen LogP contribution in [0.2, 0.25) is 5.02 Å². The summed E-state index contributed by atoms with van der Waals surface area (Å²) in [4.78, 5) is 2.80. The van der Waals surface area contributed by atoms with Crippen LogP contribution in [0.1, 0.15) is 0 Å². The van der Waals surface area contributed by atoms with Crippen molar-refractivity contribution in [1.82, 2.24) is 9.55 Å². The number of aromatic amines is 1. The topological polar surface area (TPSA) is 20.7 Å². The maximum absolute atomic E-state index is 13.9. The third-order valence-electron chi connectivity index (χ3n) is 2.87. The minimum absolute atomic E-state index is 0.0318. The number of imidazole rings is 1. The van der Waals surface area contributed by atoms with Gasteiger partial charge < -0.3 is 4.98 Å². The summed E-state index contributed by atoms with van der Waals surface area (Å²) < 4.78 is 41.8. The number of halogens is 4. The van der Waals surface area contributed by atoms with E-state index >= 15 is 0 Å². The quantitative estimate of drug-likeness (QED) is 0.642. The molecule has 7 heteroatoms. The van der Waals surface area contributed by atoms with E-state index in [1.165, 1.54) is 16.7 Å². The second-order valence-electron chi connectivity index (χ2n) is 4.14. The molecule has 3 rings (SSSR count). The molecule has 0 aliphatic heterocycles. The average molecular weight is 315 g/mol. The summed E-state index contributed by atoms with van der Waals surface area (Å²) >= 11 is 10.8. The SMILES string of the molecule is Fc1ccc(-n2c(=S)[nH]c3cc(Cl)c(F)cc32)c(F)c1. The van der Waals surface area contributed by atoms with Gasteiger partial charge in [0.25, 0.3) is 0 Å². The molecule has 0 spiro atoms. The van der Waals surface area contributed by atoms with E-state index in [9.17, 15) is 13.2 Å². The first-order valence-electron chi connectivity index (χ1n) is 5.52. The van der Waals surface area contributed by atoms with Crippen LogP contribution in [0, 0.1) is 22.2 Å². The highest BCUT2D eigenvalue weighted by Crippen LogP contribution is 2.26. The number of benzene rings is 2.